The molecule has 3 rings (SSSR count). The molecular weight excluding hydrogens is 293 g/mol. The van der Waals surface area contributed by atoms with Crippen LogP contribution in [0.15, 0.2) is 36.4 Å². The fraction of sp³-hybridized carbons (Fsp3) is 0.0714. The van der Waals surface area contributed by atoms with Crippen molar-refractivity contribution in [2.75, 3.05) is 5.73 Å². The first-order valence-electron chi connectivity index (χ1n) is 6.16. The molecule has 2 aromatic carbocycles. The molecule has 106 valence electrons. The van der Waals surface area contributed by atoms with Crippen LogP contribution < -0.4 is 5.73 Å². The summed E-state index contributed by atoms with van der Waals surface area (Å²) in [6, 6.07) is 9.47. The molecule has 0 aliphatic carbocycles. The molecule has 1 heterocycles. The fourth-order valence-electron chi connectivity index (χ4n) is 2.09. The molecule has 0 unspecified atom stereocenters. The van der Waals surface area contributed by atoms with Crippen LogP contribution in [0.2, 0.25) is 5.02 Å². The van der Waals surface area contributed by atoms with Gasteiger partial charge >= 0.3 is 0 Å². The first-order chi connectivity index (χ1) is 10.1. The van der Waals surface area contributed by atoms with Crippen LogP contribution in [0.3, 0.4) is 0 Å². The zero-order chi connectivity index (χ0) is 15.0. The molecule has 3 aromatic rings. The van der Waals surface area contributed by atoms with Crippen LogP contribution in [0.25, 0.3) is 17.1 Å². The van der Waals surface area contributed by atoms with Gasteiger partial charge in [-0.2, -0.15) is 4.68 Å². The average molecular weight is 304 g/mol. The lowest BCUT2D eigenvalue weighted by atomic mass is 10.1. The van der Waals surface area contributed by atoms with E-state index in [1.54, 1.807) is 31.2 Å². The van der Waals surface area contributed by atoms with Crippen molar-refractivity contribution in [3.63, 3.8) is 0 Å². The Morgan fingerprint density at radius 3 is 2.76 bits per heavy atom. The molecule has 0 radical (unpaired) electrons. The highest BCUT2D eigenvalue weighted by molar-refractivity contribution is 6.33. The van der Waals surface area contributed by atoms with Gasteiger partial charge in [-0.25, -0.2) is 4.39 Å². The SMILES string of the molecule is Cc1cc(F)ccc1-n1nnnc1-c1cc(N)ccc1Cl. The summed E-state index contributed by atoms with van der Waals surface area (Å²) in [7, 11) is 0. The molecule has 21 heavy (non-hydrogen) atoms. The number of rotatable bonds is 2. The van der Waals surface area contributed by atoms with Crippen LogP contribution >= 0.6 is 11.6 Å². The highest BCUT2D eigenvalue weighted by Crippen LogP contribution is 2.29. The second-order valence-electron chi connectivity index (χ2n) is 4.58. The largest absolute Gasteiger partial charge is 0.399 e. The Kier molecular flexibility index (Phi) is 3.31. The van der Waals surface area contributed by atoms with E-state index in [4.69, 9.17) is 17.3 Å². The zero-order valence-corrected chi connectivity index (χ0v) is 11.8. The number of nitrogen functional groups attached to an aromatic ring is 1. The van der Waals surface area contributed by atoms with Crippen molar-refractivity contribution in [1.29, 1.82) is 0 Å². The van der Waals surface area contributed by atoms with Gasteiger partial charge in [-0.05, 0) is 59.3 Å². The third-order valence-electron chi connectivity index (χ3n) is 3.09. The van der Waals surface area contributed by atoms with Crippen molar-refractivity contribution in [1.82, 2.24) is 20.2 Å². The quantitative estimate of drug-likeness (QED) is 0.739. The van der Waals surface area contributed by atoms with Gasteiger partial charge in [0.1, 0.15) is 5.82 Å². The normalized spacial score (nSPS) is 10.8. The van der Waals surface area contributed by atoms with Crippen LogP contribution in [0, 0.1) is 12.7 Å². The summed E-state index contributed by atoms with van der Waals surface area (Å²) < 4.78 is 14.7. The minimum atomic E-state index is -0.312. The molecule has 0 saturated carbocycles. The molecule has 0 spiro atoms. The van der Waals surface area contributed by atoms with Crippen molar-refractivity contribution in [2.24, 2.45) is 0 Å². The number of tetrazole rings is 1. The molecule has 0 fully saturated rings. The van der Waals surface area contributed by atoms with E-state index in [1.165, 1.54) is 16.8 Å². The molecule has 1 aromatic heterocycles. The summed E-state index contributed by atoms with van der Waals surface area (Å²) in [4.78, 5) is 0. The van der Waals surface area contributed by atoms with Gasteiger partial charge in [0.05, 0.1) is 10.7 Å². The summed E-state index contributed by atoms with van der Waals surface area (Å²) in [6.07, 6.45) is 0. The first-order valence-corrected chi connectivity index (χ1v) is 6.54. The van der Waals surface area contributed by atoms with E-state index < -0.39 is 0 Å². The van der Waals surface area contributed by atoms with Crippen molar-refractivity contribution < 1.29 is 4.39 Å². The molecule has 0 atom stereocenters. The van der Waals surface area contributed by atoms with Gasteiger partial charge in [0.25, 0.3) is 0 Å². The lowest BCUT2D eigenvalue weighted by molar-refractivity contribution is 0.625. The Labute approximate surface area is 125 Å². The lowest BCUT2D eigenvalue weighted by Crippen LogP contribution is -2.03. The van der Waals surface area contributed by atoms with Gasteiger partial charge in [-0.1, -0.05) is 11.6 Å². The molecule has 0 aliphatic heterocycles. The van der Waals surface area contributed by atoms with Crippen molar-refractivity contribution in [3.8, 4) is 17.1 Å². The summed E-state index contributed by atoms with van der Waals surface area (Å²) >= 11 is 6.19. The summed E-state index contributed by atoms with van der Waals surface area (Å²) in [5, 5.41) is 12.1. The molecule has 0 saturated heterocycles. The maximum atomic E-state index is 13.2. The fourth-order valence-corrected chi connectivity index (χ4v) is 2.29. The number of aryl methyl sites for hydroxylation is 1. The standard InChI is InChI=1S/C14H11ClFN5/c1-8-6-9(16)2-5-13(8)21-14(18-19-20-21)11-7-10(17)3-4-12(11)15/h2-7H,17H2,1H3. The van der Waals surface area contributed by atoms with Crippen molar-refractivity contribution >= 4 is 17.3 Å². The monoisotopic (exact) mass is 303 g/mol. The van der Waals surface area contributed by atoms with E-state index in [9.17, 15) is 4.39 Å². The maximum Gasteiger partial charge on any atom is 0.188 e. The maximum absolute atomic E-state index is 13.2. The van der Waals surface area contributed by atoms with E-state index in [0.29, 0.717) is 33.3 Å². The first kappa shape index (κ1) is 13.5. The minimum Gasteiger partial charge on any atom is -0.399 e. The highest BCUT2D eigenvalue weighted by atomic mass is 35.5. The minimum absolute atomic E-state index is 0.312. The Balaban J connectivity index is 2.19. The Morgan fingerprint density at radius 2 is 2.00 bits per heavy atom. The van der Waals surface area contributed by atoms with E-state index in [-0.39, 0.29) is 5.82 Å². The summed E-state index contributed by atoms with van der Waals surface area (Å²) in [6.45, 7) is 1.78. The molecule has 0 amide bonds. The number of benzene rings is 2. The predicted octanol–water partition coefficient (Wildman–Crippen LogP) is 3.01. The van der Waals surface area contributed by atoms with E-state index in [1.807, 2.05) is 0 Å². The summed E-state index contributed by atoms with van der Waals surface area (Å²) in [5.74, 6) is 0.134. The smallest absolute Gasteiger partial charge is 0.188 e. The van der Waals surface area contributed by atoms with Crippen LogP contribution in [0.1, 0.15) is 5.56 Å². The van der Waals surface area contributed by atoms with Gasteiger partial charge in [-0.15, -0.1) is 5.10 Å². The summed E-state index contributed by atoms with van der Waals surface area (Å²) in [5.41, 5.74) is 8.34. The van der Waals surface area contributed by atoms with Crippen molar-refractivity contribution in [3.05, 3.63) is 52.8 Å². The lowest BCUT2D eigenvalue weighted by Gasteiger charge is -2.09. The zero-order valence-electron chi connectivity index (χ0n) is 11.1. The van der Waals surface area contributed by atoms with Crippen LogP contribution in [-0.4, -0.2) is 20.2 Å². The second-order valence-corrected chi connectivity index (χ2v) is 4.99. The molecule has 2 N–H and O–H groups in total. The van der Waals surface area contributed by atoms with Gasteiger partial charge in [0.2, 0.25) is 0 Å². The van der Waals surface area contributed by atoms with Crippen LogP contribution in [0.5, 0.6) is 0 Å². The van der Waals surface area contributed by atoms with Crippen molar-refractivity contribution in [2.45, 2.75) is 6.92 Å². The predicted molar refractivity (Wildman–Crippen MR) is 78.7 cm³/mol. The second kappa shape index (κ2) is 5.14. The van der Waals surface area contributed by atoms with E-state index >= 15 is 0 Å². The number of nitrogens with zero attached hydrogens (tertiary/aromatic N) is 4. The number of anilines is 1. The molecule has 0 bridgehead atoms. The Hall–Kier alpha value is -2.47. The number of hydrogen-bond donors (Lipinski definition) is 1. The van der Waals surface area contributed by atoms with Gasteiger partial charge in [0, 0.05) is 11.3 Å². The number of aromatic nitrogens is 4. The Morgan fingerprint density at radius 1 is 1.19 bits per heavy atom. The number of nitrogens with two attached hydrogens (primary N) is 1. The van der Waals surface area contributed by atoms with Gasteiger partial charge in [-0.3, -0.25) is 0 Å². The van der Waals surface area contributed by atoms with E-state index in [0.717, 1.165) is 0 Å². The number of halogens is 2. The number of hydrogen-bond acceptors (Lipinski definition) is 4. The average Bonchev–Trinajstić information content (AvgIpc) is 2.90. The molecule has 5 nitrogen and oxygen atoms in total. The van der Waals surface area contributed by atoms with Gasteiger partial charge in [0.15, 0.2) is 5.82 Å². The third-order valence-corrected chi connectivity index (χ3v) is 3.42. The van der Waals surface area contributed by atoms with Crippen LogP contribution in [0.4, 0.5) is 10.1 Å². The van der Waals surface area contributed by atoms with Gasteiger partial charge < -0.3 is 5.73 Å². The molecule has 0 aliphatic rings. The molecular formula is C14H11ClFN5. The third kappa shape index (κ3) is 2.45. The Bertz CT molecular complexity index is 815. The molecule has 7 heteroatoms. The van der Waals surface area contributed by atoms with E-state index in [2.05, 4.69) is 15.5 Å². The topological polar surface area (TPSA) is 69.6 Å². The van der Waals surface area contributed by atoms with Crippen LogP contribution in [-0.2, 0) is 0 Å². The highest BCUT2D eigenvalue weighted by Gasteiger charge is 2.15.